The molecular weight excluding hydrogens is 322 g/mol. The van der Waals surface area contributed by atoms with E-state index in [4.69, 9.17) is 4.74 Å². The van der Waals surface area contributed by atoms with E-state index in [1.165, 1.54) is 18.0 Å². The van der Waals surface area contributed by atoms with E-state index in [-0.39, 0.29) is 11.4 Å². The number of ether oxygens (including phenoxy) is 2. The second-order valence-electron chi connectivity index (χ2n) is 5.20. The highest BCUT2D eigenvalue weighted by Crippen LogP contribution is 2.28. The summed E-state index contributed by atoms with van der Waals surface area (Å²) in [5.41, 5.74) is 1.82. The summed E-state index contributed by atoms with van der Waals surface area (Å²) >= 11 is 0. The van der Waals surface area contributed by atoms with E-state index in [2.05, 4.69) is 20.1 Å². The predicted molar refractivity (Wildman–Crippen MR) is 90.9 cm³/mol. The summed E-state index contributed by atoms with van der Waals surface area (Å²) in [6.45, 7) is 1.94. The fourth-order valence-corrected chi connectivity index (χ4v) is 2.52. The Balaban J connectivity index is 2.22. The Morgan fingerprint density at radius 1 is 1.36 bits per heavy atom. The van der Waals surface area contributed by atoms with Gasteiger partial charge in [-0.05, 0) is 24.6 Å². The van der Waals surface area contributed by atoms with E-state index in [0.717, 1.165) is 10.9 Å². The fourth-order valence-electron chi connectivity index (χ4n) is 2.52. The average Bonchev–Trinajstić information content (AvgIpc) is 3.03. The molecule has 0 aliphatic heterocycles. The van der Waals surface area contributed by atoms with Crippen molar-refractivity contribution >= 4 is 22.8 Å². The Bertz CT molecular complexity index is 1000. The second-order valence-corrected chi connectivity index (χ2v) is 5.20. The van der Waals surface area contributed by atoms with Gasteiger partial charge >= 0.3 is 6.09 Å². The third-order valence-electron chi connectivity index (χ3n) is 3.73. The van der Waals surface area contributed by atoms with Crippen molar-refractivity contribution in [3.63, 3.8) is 0 Å². The van der Waals surface area contributed by atoms with Gasteiger partial charge in [0, 0.05) is 5.39 Å². The number of rotatable bonds is 3. The van der Waals surface area contributed by atoms with Crippen LogP contribution in [0, 0.1) is 18.3 Å². The van der Waals surface area contributed by atoms with Crippen molar-refractivity contribution < 1.29 is 14.3 Å². The van der Waals surface area contributed by atoms with Crippen molar-refractivity contribution in [3.8, 4) is 17.6 Å². The number of benzene rings is 1. The predicted octanol–water partition coefficient (Wildman–Crippen LogP) is 2.79. The minimum Gasteiger partial charge on any atom is -0.494 e. The van der Waals surface area contributed by atoms with Crippen LogP contribution in [0.4, 0.5) is 10.6 Å². The number of para-hydroxylation sites is 1. The van der Waals surface area contributed by atoms with Crippen molar-refractivity contribution in [1.82, 2.24) is 14.8 Å². The van der Waals surface area contributed by atoms with E-state index >= 15 is 0 Å². The van der Waals surface area contributed by atoms with Crippen LogP contribution < -0.4 is 10.1 Å². The van der Waals surface area contributed by atoms with Gasteiger partial charge in [-0.1, -0.05) is 12.1 Å². The molecule has 1 amide bonds. The Morgan fingerprint density at radius 2 is 2.16 bits per heavy atom. The van der Waals surface area contributed by atoms with Gasteiger partial charge in [0.2, 0.25) is 0 Å². The largest absolute Gasteiger partial charge is 0.494 e. The highest BCUT2D eigenvalue weighted by atomic mass is 16.5. The lowest BCUT2D eigenvalue weighted by Gasteiger charge is -2.12. The Morgan fingerprint density at radius 3 is 2.84 bits per heavy atom. The SMILES string of the molecule is COC(=O)Nc1c(C#N)cnn1-c1cc(C)c2cccc(OC)c2n1. The molecule has 0 spiro atoms. The molecule has 0 saturated heterocycles. The van der Waals surface area contributed by atoms with Crippen LogP contribution in [0.25, 0.3) is 16.7 Å². The first-order valence-corrected chi connectivity index (χ1v) is 7.37. The van der Waals surface area contributed by atoms with E-state index < -0.39 is 6.09 Å². The van der Waals surface area contributed by atoms with Gasteiger partial charge in [0.1, 0.15) is 22.9 Å². The van der Waals surface area contributed by atoms with E-state index in [9.17, 15) is 10.1 Å². The molecular formula is C17H15N5O3. The maximum absolute atomic E-state index is 11.6. The van der Waals surface area contributed by atoms with Gasteiger partial charge < -0.3 is 9.47 Å². The lowest BCUT2D eigenvalue weighted by Crippen LogP contribution is -2.16. The standard InChI is InChI=1S/C17H15N5O3/c1-10-7-14(20-15-12(10)5-4-6-13(15)24-2)22-16(21-17(23)25-3)11(8-18)9-19-22/h4-7,9H,1-3H3,(H,21,23). The fraction of sp³-hybridized carbons (Fsp3) is 0.176. The number of aryl methyl sites for hydroxylation is 1. The Kier molecular flexibility index (Phi) is 4.22. The molecule has 2 aromatic heterocycles. The van der Waals surface area contributed by atoms with Crippen molar-refractivity contribution in [3.05, 3.63) is 41.6 Å². The zero-order valence-corrected chi connectivity index (χ0v) is 13.9. The zero-order valence-electron chi connectivity index (χ0n) is 13.9. The maximum atomic E-state index is 11.6. The van der Waals surface area contributed by atoms with Crippen LogP contribution in [-0.2, 0) is 4.74 Å². The van der Waals surface area contributed by atoms with E-state index in [1.54, 1.807) is 7.11 Å². The van der Waals surface area contributed by atoms with Gasteiger partial charge in [0.15, 0.2) is 11.6 Å². The van der Waals surface area contributed by atoms with Crippen LogP contribution in [-0.4, -0.2) is 35.1 Å². The number of hydrogen-bond acceptors (Lipinski definition) is 6. The topological polar surface area (TPSA) is 102 Å². The number of nitrogens with one attached hydrogen (secondary N) is 1. The van der Waals surface area contributed by atoms with Crippen molar-refractivity contribution in [2.75, 3.05) is 19.5 Å². The molecule has 0 unspecified atom stereocenters. The van der Waals surface area contributed by atoms with Crippen LogP contribution in [0.3, 0.4) is 0 Å². The van der Waals surface area contributed by atoms with Crippen LogP contribution in [0.2, 0.25) is 0 Å². The van der Waals surface area contributed by atoms with Gasteiger partial charge in [-0.3, -0.25) is 5.32 Å². The number of anilines is 1. The highest BCUT2D eigenvalue weighted by Gasteiger charge is 2.17. The van der Waals surface area contributed by atoms with Gasteiger partial charge in [-0.2, -0.15) is 15.0 Å². The number of nitriles is 1. The van der Waals surface area contributed by atoms with Gasteiger partial charge in [-0.25, -0.2) is 9.78 Å². The molecule has 0 bridgehead atoms. The number of aromatic nitrogens is 3. The van der Waals surface area contributed by atoms with Crippen molar-refractivity contribution in [2.45, 2.75) is 6.92 Å². The number of amides is 1. The summed E-state index contributed by atoms with van der Waals surface area (Å²) in [7, 11) is 2.82. The van der Waals surface area contributed by atoms with Crippen LogP contribution >= 0.6 is 0 Å². The number of carbonyl (C=O) groups excluding carboxylic acids is 1. The minimum atomic E-state index is -0.701. The number of carbonyl (C=O) groups is 1. The third kappa shape index (κ3) is 2.83. The molecule has 0 fully saturated rings. The van der Waals surface area contributed by atoms with Gasteiger partial charge in [0.05, 0.1) is 20.4 Å². The number of fused-ring (bicyclic) bond motifs is 1. The molecule has 8 nitrogen and oxygen atoms in total. The number of hydrogen-bond donors (Lipinski definition) is 1. The summed E-state index contributed by atoms with van der Waals surface area (Å²) in [6, 6.07) is 9.45. The third-order valence-corrected chi connectivity index (χ3v) is 3.73. The van der Waals surface area contributed by atoms with Crippen LogP contribution in [0.5, 0.6) is 5.75 Å². The normalized spacial score (nSPS) is 10.3. The highest BCUT2D eigenvalue weighted by molar-refractivity contribution is 5.89. The number of methoxy groups -OCH3 is 2. The molecule has 2 heterocycles. The smallest absolute Gasteiger partial charge is 0.412 e. The van der Waals surface area contributed by atoms with Crippen molar-refractivity contribution in [2.24, 2.45) is 0 Å². The summed E-state index contributed by atoms with van der Waals surface area (Å²) in [5, 5.41) is 16.8. The average molecular weight is 337 g/mol. The monoisotopic (exact) mass is 337 g/mol. The first-order valence-electron chi connectivity index (χ1n) is 7.37. The molecule has 1 N–H and O–H groups in total. The molecule has 3 aromatic rings. The molecule has 0 radical (unpaired) electrons. The molecule has 3 rings (SSSR count). The molecule has 25 heavy (non-hydrogen) atoms. The minimum absolute atomic E-state index is 0.190. The maximum Gasteiger partial charge on any atom is 0.412 e. The lowest BCUT2D eigenvalue weighted by molar-refractivity contribution is 0.186. The second kappa shape index (κ2) is 6.49. The molecule has 0 atom stereocenters. The summed E-state index contributed by atoms with van der Waals surface area (Å²) < 4.78 is 11.4. The Labute approximate surface area is 143 Å². The summed E-state index contributed by atoms with van der Waals surface area (Å²) in [6.07, 6.45) is 0.655. The molecule has 8 heteroatoms. The zero-order chi connectivity index (χ0) is 18.0. The van der Waals surface area contributed by atoms with Crippen molar-refractivity contribution in [1.29, 1.82) is 5.26 Å². The van der Waals surface area contributed by atoms with Crippen LogP contribution in [0.15, 0.2) is 30.5 Å². The molecule has 0 aliphatic carbocycles. The molecule has 0 aliphatic rings. The number of nitrogens with zero attached hydrogens (tertiary/aromatic N) is 4. The van der Waals surface area contributed by atoms with E-state index in [0.29, 0.717) is 17.1 Å². The Hall–Kier alpha value is -3.60. The first kappa shape index (κ1) is 16.3. The summed E-state index contributed by atoms with van der Waals surface area (Å²) in [5.74, 6) is 1.26. The van der Waals surface area contributed by atoms with E-state index in [1.807, 2.05) is 37.3 Å². The van der Waals surface area contributed by atoms with Gasteiger partial charge in [-0.15, -0.1) is 0 Å². The molecule has 1 aromatic carbocycles. The lowest BCUT2D eigenvalue weighted by atomic mass is 10.1. The van der Waals surface area contributed by atoms with Gasteiger partial charge in [0.25, 0.3) is 0 Å². The van der Waals surface area contributed by atoms with Crippen LogP contribution in [0.1, 0.15) is 11.1 Å². The summed E-state index contributed by atoms with van der Waals surface area (Å²) in [4.78, 5) is 16.2. The number of pyridine rings is 1. The molecule has 126 valence electrons. The first-order chi connectivity index (χ1) is 12.1. The molecule has 0 saturated carbocycles. The quantitative estimate of drug-likeness (QED) is 0.788.